The molecule has 0 unspecified atom stereocenters. The van der Waals surface area contributed by atoms with Gasteiger partial charge in [-0.1, -0.05) is 18.6 Å². The van der Waals surface area contributed by atoms with E-state index in [1.807, 2.05) is 12.1 Å². The number of piperidine rings is 1. The van der Waals surface area contributed by atoms with Crippen LogP contribution in [0.3, 0.4) is 0 Å². The van der Waals surface area contributed by atoms with Crippen LogP contribution in [0, 0.1) is 0 Å². The summed E-state index contributed by atoms with van der Waals surface area (Å²) < 4.78 is 7.57. The maximum Gasteiger partial charge on any atom is 0.233 e. The number of carbonyl (C=O) groups is 1. The lowest BCUT2D eigenvalue weighted by atomic mass is 9.63. The molecule has 0 spiro atoms. The Labute approximate surface area is 171 Å². The Bertz CT molecular complexity index is 879. The van der Waals surface area contributed by atoms with Crippen LogP contribution in [0.4, 0.5) is 0 Å². The van der Waals surface area contributed by atoms with E-state index in [0.29, 0.717) is 11.8 Å². The number of aromatic nitrogens is 3. The van der Waals surface area contributed by atoms with E-state index in [2.05, 4.69) is 37.1 Å². The lowest BCUT2D eigenvalue weighted by molar-refractivity contribution is -0.142. The molecule has 1 saturated carbocycles. The van der Waals surface area contributed by atoms with Crippen molar-refractivity contribution in [2.45, 2.75) is 56.5 Å². The zero-order valence-electron chi connectivity index (χ0n) is 17.1. The van der Waals surface area contributed by atoms with Crippen LogP contribution in [0.5, 0.6) is 5.75 Å². The van der Waals surface area contributed by atoms with Gasteiger partial charge in [0.05, 0.1) is 19.1 Å². The number of benzene rings is 1. The van der Waals surface area contributed by atoms with Crippen LogP contribution in [-0.4, -0.2) is 52.3 Å². The Morgan fingerprint density at radius 3 is 2.55 bits per heavy atom. The molecule has 1 aromatic carbocycles. The topological polar surface area (TPSA) is 72.3 Å². The maximum atomic E-state index is 13.5. The number of likely N-dealkylation sites (tertiary alicyclic amines) is 1. The summed E-state index contributed by atoms with van der Waals surface area (Å²) in [5.41, 5.74) is 0.800. The molecular weight excluding hydrogens is 366 g/mol. The van der Waals surface area contributed by atoms with E-state index in [0.717, 1.165) is 87.8 Å². The molecule has 2 fully saturated rings. The van der Waals surface area contributed by atoms with E-state index in [4.69, 9.17) is 4.74 Å². The molecule has 154 valence electrons. The average molecular weight is 396 g/mol. The molecule has 3 heterocycles. The fourth-order valence-corrected chi connectivity index (χ4v) is 5.13. The van der Waals surface area contributed by atoms with E-state index in [-0.39, 0.29) is 5.41 Å². The third kappa shape index (κ3) is 3.12. The number of nitrogens with one attached hydrogen (secondary N) is 1. The Kier molecular flexibility index (Phi) is 4.78. The first-order valence-electron chi connectivity index (χ1n) is 10.8. The normalized spacial score (nSPS) is 21.3. The van der Waals surface area contributed by atoms with Crippen molar-refractivity contribution >= 4 is 5.91 Å². The predicted molar refractivity (Wildman–Crippen MR) is 109 cm³/mol. The highest BCUT2D eigenvalue weighted by atomic mass is 16.5. The van der Waals surface area contributed by atoms with Crippen molar-refractivity contribution in [3.8, 4) is 5.75 Å². The van der Waals surface area contributed by atoms with E-state index in [1.165, 1.54) is 0 Å². The molecule has 1 saturated heterocycles. The standard InChI is InChI=1S/C22H29N5O2/c1-29-18-5-3-17(4-6-18)22(9-2-10-22)21(28)26-12-7-16(8-13-26)20-25-24-19-15-23-11-14-27(19)20/h3-6,16,23H,2,7-15H2,1H3. The van der Waals surface area contributed by atoms with Crippen molar-refractivity contribution in [3.63, 3.8) is 0 Å². The number of ether oxygens (including phenoxy) is 1. The molecule has 0 atom stereocenters. The Morgan fingerprint density at radius 2 is 1.90 bits per heavy atom. The molecule has 7 heteroatoms. The van der Waals surface area contributed by atoms with Crippen LogP contribution >= 0.6 is 0 Å². The summed E-state index contributed by atoms with van der Waals surface area (Å²) in [5.74, 6) is 3.69. The molecule has 3 aliphatic rings. The Hall–Kier alpha value is -2.41. The molecule has 1 aromatic heterocycles. The lowest BCUT2D eigenvalue weighted by Crippen LogP contribution is -2.53. The number of hydrogen-bond donors (Lipinski definition) is 1. The molecule has 0 bridgehead atoms. The van der Waals surface area contributed by atoms with Crippen molar-refractivity contribution in [2.24, 2.45) is 0 Å². The first-order chi connectivity index (χ1) is 14.2. The minimum absolute atomic E-state index is 0.305. The van der Waals surface area contributed by atoms with E-state index in [1.54, 1.807) is 7.11 Å². The van der Waals surface area contributed by atoms with Gasteiger partial charge in [0.2, 0.25) is 5.91 Å². The second kappa shape index (κ2) is 7.44. The van der Waals surface area contributed by atoms with Crippen molar-refractivity contribution in [1.82, 2.24) is 25.0 Å². The summed E-state index contributed by atoms with van der Waals surface area (Å²) in [7, 11) is 1.67. The molecule has 2 aromatic rings. The molecule has 1 aliphatic carbocycles. The number of carbonyl (C=O) groups excluding carboxylic acids is 1. The quantitative estimate of drug-likeness (QED) is 0.859. The van der Waals surface area contributed by atoms with Crippen LogP contribution < -0.4 is 10.1 Å². The van der Waals surface area contributed by atoms with Crippen molar-refractivity contribution < 1.29 is 9.53 Å². The minimum atomic E-state index is -0.335. The largest absolute Gasteiger partial charge is 0.497 e. The van der Waals surface area contributed by atoms with Gasteiger partial charge in [0.1, 0.15) is 17.4 Å². The van der Waals surface area contributed by atoms with Gasteiger partial charge >= 0.3 is 0 Å². The second-order valence-corrected chi connectivity index (χ2v) is 8.53. The van der Waals surface area contributed by atoms with Gasteiger partial charge in [0.25, 0.3) is 0 Å². The van der Waals surface area contributed by atoms with Crippen LogP contribution in [0.25, 0.3) is 0 Å². The number of fused-ring (bicyclic) bond motifs is 1. The van der Waals surface area contributed by atoms with Gasteiger partial charge < -0.3 is 19.5 Å². The van der Waals surface area contributed by atoms with E-state index >= 15 is 0 Å². The van der Waals surface area contributed by atoms with E-state index in [9.17, 15) is 4.79 Å². The molecule has 0 radical (unpaired) electrons. The van der Waals surface area contributed by atoms with Crippen LogP contribution in [0.2, 0.25) is 0 Å². The number of nitrogens with zero attached hydrogens (tertiary/aromatic N) is 4. The fraction of sp³-hybridized carbons (Fsp3) is 0.591. The van der Waals surface area contributed by atoms with Crippen molar-refractivity contribution in [1.29, 1.82) is 0 Å². The van der Waals surface area contributed by atoms with E-state index < -0.39 is 0 Å². The predicted octanol–water partition coefficient (Wildman–Crippen LogP) is 2.22. The van der Waals surface area contributed by atoms with Crippen LogP contribution in [0.15, 0.2) is 24.3 Å². The highest BCUT2D eigenvalue weighted by Gasteiger charge is 2.48. The first kappa shape index (κ1) is 18.6. The zero-order valence-corrected chi connectivity index (χ0v) is 17.1. The van der Waals surface area contributed by atoms with Crippen molar-refractivity contribution in [2.75, 3.05) is 26.7 Å². The number of hydrogen-bond acceptors (Lipinski definition) is 5. The Balaban J connectivity index is 1.28. The first-order valence-corrected chi connectivity index (χ1v) is 10.8. The molecule has 29 heavy (non-hydrogen) atoms. The lowest BCUT2D eigenvalue weighted by Gasteiger charge is -2.45. The third-order valence-corrected chi connectivity index (χ3v) is 7.06. The SMILES string of the molecule is COc1ccc(C2(C(=O)N3CCC(c4nnc5n4CCNC5)CC3)CCC2)cc1. The van der Waals surface area contributed by atoms with Crippen molar-refractivity contribution in [3.05, 3.63) is 41.5 Å². The molecule has 7 nitrogen and oxygen atoms in total. The number of amides is 1. The summed E-state index contributed by atoms with van der Waals surface area (Å²) in [4.78, 5) is 15.6. The van der Waals surface area contributed by atoms with Gasteiger partial charge in [-0.15, -0.1) is 10.2 Å². The summed E-state index contributed by atoms with van der Waals surface area (Å²) in [6, 6.07) is 8.08. The molecule has 2 aliphatic heterocycles. The minimum Gasteiger partial charge on any atom is -0.497 e. The van der Waals surface area contributed by atoms with Crippen LogP contribution in [-0.2, 0) is 23.3 Å². The maximum absolute atomic E-state index is 13.5. The van der Waals surface area contributed by atoms with Gasteiger partial charge in [0, 0.05) is 32.1 Å². The van der Waals surface area contributed by atoms with Gasteiger partial charge in [-0.3, -0.25) is 4.79 Å². The average Bonchev–Trinajstić information content (AvgIpc) is 3.18. The Morgan fingerprint density at radius 1 is 1.14 bits per heavy atom. The summed E-state index contributed by atoms with van der Waals surface area (Å²) in [6.07, 6.45) is 4.95. The van der Waals surface area contributed by atoms with Gasteiger partial charge in [-0.05, 0) is 43.4 Å². The van der Waals surface area contributed by atoms with Gasteiger partial charge in [0.15, 0.2) is 0 Å². The molecule has 1 amide bonds. The smallest absolute Gasteiger partial charge is 0.233 e. The highest BCUT2D eigenvalue weighted by Crippen LogP contribution is 2.46. The summed E-state index contributed by atoms with van der Waals surface area (Å²) >= 11 is 0. The molecule has 5 rings (SSSR count). The summed E-state index contributed by atoms with van der Waals surface area (Å²) in [6.45, 7) is 4.33. The summed E-state index contributed by atoms with van der Waals surface area (Å²) in [5, 5.41) is 12.2. The van der Waals surface area contributed by atoms with Gasteiger partial charge in [-0.2, -0.15) is 0 Å². The molecule has 1 N–H and O–H groups in total. The molecular formula is C22H29N5O2. The monoisotopic (exact) mass is 395 g/mol. The van der Waals surface area contributed by atoms with Gasteiger partial charge in [-0.25, -0.2) is 0 Å². The number of methoxy groups -OCH3 is 1. The highest BCUT2D eigenvalue weighted by molar-refractivity contribution is 5.89. The van der Waals surface area contributed by atoms with Crippen LogP contribution in [0.1, 0.15) is 55.2 Å². The number of rotatable bonds is 4. The zero-order chi connectivity index (χ0) is 19.8. The fourth-order valence-electron chi connectivity index (χ4n) is 5.13. The third-order valence-electron chi connectivity index (χ3n) is 7.06. The second-order valence-electron chi connectivity index (χ2n) is 8.53.